The van der Waals surface area contributed by atoms with E-state index in [1.807, 2.05) is 6.92 Å². The van der Waals surface area contributed by atoms with E-state index in [-0.39, 0.29) is 18.1 Å². The van der Waals surface area contributed by atoms with Crippen LogP contribution in [0.25, 0.3) is 0 Å². The molecule has 0 aromatic rings. The second kappa shape index (κ2) is 18.1. The fraction of sp³-hybridized carbons (Fsp3) is 0.900. The summed E-state index contributed by atoms with van der Waals surface area (Å²) in [5.41, 5.74) is 0. The molecule has 1 N–H and O–H groups in total. The number of rotatable bonds is 18. The molecular weight excluding hydrogens is 336 g/mol. The minimum absolute atomic E-state index is 0.0480. The third kappa shape index (κ3) is 19.5. The molecule has 0 spiro atoms. The first-order valence-corrected chi connectivity index (χ1v) is 10.9. The van der Waals surface area contributed by atoms with E-state index in [9.17, 15) is 9.59 Å². The molecule has 0 heterocycles. The molecule has 0 bridgehead atoms. The minimum atomic E-state index is -0.966. The van der Waals surface area contributed by atoms with Crippen molar-refractivity contribution in [2.24, 2.45) is 0 Å². The van der Waals surface area contributed by atoms with E-state index in [0.29, 0.717) is 0 Å². The molecule has 0 saturated carbocycles. The summed E-state index contributed by atoms with van der Waals surface area (Å²) in [6, 6.07) is 0. The summed E-state index contributed by atoms with van der Waals surface area (Å²) >= 11 is 1.18. The van der Waals surface area contributed by atoms with Gasteiger partial charge < -0.3 is 9.29 Å². The van der Waals surface area contributed by atoms with Crippen LogP contribution in [0.2, 0.25) is 0 Å². The van der Waals surface area contributed by atoms with Crippen molar-refractivity contribution in [1.82, 2.24) is 0 Å². The van der Waals surface area contributed by atoms with Gasteiger partial charge >= 0.3 is 11.9 Å². The number of carbonyl (C=O) groups excluding carboxylic acids is 1. The number of carboxylic acids is 1. The lowest BCUT2D eigenvalue weighted by Gasteiger charge is -2.10. The number of carbonyl (C=O) groups is 2. The Morgan fingerprint density at radius 1 is 0.840 bits per heavy atom. The first kappa shape index (κ1) is 24.3. The fourth-order valence-corrected chi connectivity index (χ4v) is 3.33. The highest BCUT2D eigenvalue weighted by atomic mass is 32.2. The van der Waals surface area contributed by atoms with Crippen LogP contribution >= 0.6 is 12.0 Å². The van der Waals surface area contributed by atoms with Gasteiger partial charge in [-0.15, -0.1) is 0 Å². The predicted octanol–water partition coefficient (Wildman–Crippen LogP) is 6.52. The lowest BCUT2D eigenvalue weighted by Crippen LogP contribution is -2.06. The van der Waals surface area contributed by atoms with Crippen molar-refractivity contribution in [2.45, 2.75) is 115 Å². The molecule has 148 valence electrons. The van der Waals surface area contributed by atoms with Crippen LogP contribution in [-0.2, 0) is 13.8 Å². The van der Waals surface area contributed by atoms with Crippen LogP contribution in [0.4, 0.5) is 0 Å². The second-order valence-corrected chi connectivity index (χ2v) is 8.10. The lowest BCUT2D eigenvalue weighted by atomic mass is 10.0. The van der Waals surface area contributed by atoms with Crippen molar-refractivity contribution < 1.29 is 18.9 Å². The number of carboxylic acid groups (broad SMARTS) is 1. The van der Waals surface area contributed by atoms with Gasteiger partial charge in [-0.1, -0.05) is 90.9 Å². The molecule has 4 nitrogen and oxygen atoms in total. The van der Waals surface area contributed by atoms with Gasteiger partial charge in [0.1, 0.15) is 0 Å². The molecule has 0 fully saturated rings. The van der Waals surface area contributed by atoms with Gasteiger partial charge in [-0.05, 0) is 6.42 Å². The van der Waals surface area contributed by atoms with E-state index < -0.39 is 11.9 Å². The van der Waals surface area contributed by atoms with Crippen LogP contribution in [-0.4, -0.2) is 22.3 Å². The zero-order chi connectivity index (χ0) is 18.8. The van der Waals surface area contributed by atoms with Crippen LogP contribution in [0, 0.1) is 0 Å². The van der Waals surface area contributed by atoms with Gasteiger partial charge in [-0.2, -0.15) is 0 Å². The van der Waals surface area contributed by atoms with Crippen LogP contribution in [0.15, 0.2) is 0 Å². The van der Waals surface area contributed by atoms with Gasteiger partial charge in [0.25, 0.3) is 0 Å². The summed E-state index contributed by atoms with van der Waals surface area (Å²) in [5.74, 6) is -1.40. The number of unbranched alkanes of at least 4 members (excludes halogenated alkanes) is 11. The van der Waals surface area contributed by atoms with E-state index in [0.717, 1.165) is 12.8 Å². The Labute approximate surface area is 158 Å². The van der Waals surface area contributed by atoms with Gasteiger partial charge in [0.2, 0.25) is 0 Å². The maximum absolute atomic E-state index is 11.3. The Kier molecular flexibility index (Phi) is 17.6. The summed E-state index contributed by atoms with van der Waals surface area (Å²) in [7, 11) is 0. The highest BCUT2D eigenvalue weighted by Gasteiger charge is 2.10. The summed E-state index contributed by atoms with van der Waals surface area (Å²) in [4.78, 5) is 21.7. The molecule has 0 aliphatic heterocycles. The zero-order valence-electron chi connectivity index (χ0n) is 16.3. The summed E-state index contributed by atoms with van der Waals surface area (Å²) in [6.07, 6.45) is 16.9. The molecule has 1 atom stereocenters. The Morgan fingerprint density at radius 2 is 1.32 bits per heavy atom. The topological polar surface area (TPSA) is 63.6 Å². The minimum Gasteiger partial charge on any atom is -0.481 e. The monoisotopic (exact) mass is 374 g/mol. The third-order valence-corrected chi connectivity index (χ3v) is 5.16. The molecule has 25 heavy (non-hydrogen) atoms. The van der Waals surface area contributed by atoms with Gasteiger partial charge in [-0.3, -0.25) is 9.59 Å². The van der Waals surface area contributed by atoms with Crippen molar-refractivity contribution in [3.63, 3.8) is 0 Å². The maximum atomic E-state index is 11.3. The second-order valence-electron chi connectivity index (χ2n) is 6.93. The van der Waals surface area contributed by atoms with Crippen molar-refractivity contribution in [1.29, 1.82) is 0 Å². The van der Waals surface area contributed by atoms with Crippen LogP contribution < -0.4 is 0 Å². The number of hydrogen-bond acceptors (Lipinski definition) is 4. The molecule has 0 saturated heterocycles. The highest BCUT2D eigenvalue weighted by Crippen LogP contribution is 2.20. The SMILES string of the molecule is CCCCCCCCCCCCCCC(C)SOC(=O)CCC(=O)O. The Hall–Kier alpha value is -0.710. The molecule has 0 aromatic heterocycles. The summed E-state index contributed by atoms with van der Waals surface area (Å²) < 4.78 is 5.03. The molecular formula is C20H38O4S. The molecule has 0 rings (SSSR count). The van der Waals surface area contributed by atoms with Gasteiger partial charge in [0, 0.05) is 5.25 Å². The molecule has 0 aromatic carbocycles. The first-order chi connectivity index (χ1) is 12.1. The van der Waals surface area contributed by atoms with Crippen molar-refractivity contribution in [2.75, 3.05) is 0 Å². The fourth-order valence-electron chi connectivity index (χ4n) is 2.71. The summed E-state index contributed by atoms with van der Waals surface area (Å²) in [6.45, 7) is 4.31. The molecule has 5 heteroatoms. The van der Waals surface area contributed by atoms with Crippen molar-refractivity contribution in [3.05, 3.63) is 0 Å². The smallest absolute Gasteiger partial charge is 0.318 e. The van der Waals surface area contributed by atoms with Crippen LogP contribution in [0.1, 0.15) is 110 Å². The van der Waals surface area contributed by atoms with Crippen LogP contribution in [0.5, 0.6) is 0 Å². The predicted molar refractivity (Wildman–Crippen MR) is 106 cm³/mol. The van der Waals surface area contributed by atoms with E-state index >= 15 is 0 Å². The van der Waals surface area contributed by atoms with E-state index in [1.165, 1.54) is 82.7 Å². The maximum Gasteiger partial charge on any atom is 0.318 e. The van der Waals surface area contributed by atoms with E-state index in [1.54, 1.807) is 0 Å². The molecule has 0 radical (unpaired) electrons. The average molecular weight is 375 g/mol. The average Bonchev–Trinajstić information content (AvgIpc) is 2.59. The first-order valence-electron chi connectivity index (χ1n) is 10.1. The van der Waals surface area contributed by atoms with Gasteiger partial charge in [0.05, 0.1) is 24.9 Å². The van der Waals surface area contributed by atoms with Crippen molar-refractivity contribution >= 4 is 24.0 Å². The Morgan fingerprint density at radius 3 is 1.80 bits per heavy atom. The zero-order valence-corrected chi connectivity index (χ0v) is 17.1. The molecule has 0 amide bonds. The normalized spacial score (nSPS) is 12.1. The molecule has 0 aliphatic carbocycles. The number of aliphatic carboxylic acids is 1. The lowest BCUT2D eigenvalue weighted by molar-refractivity contribution is -0.141. The highest BCUT2D eigenvalue weighted by molar-refractivity contribution is 7.95. The van der Waals surface area contributed by atoms with E-state index in [2.05, 4.69) is 6.92 Å². The Bertz CT molecular complexity index is 334. The Balaban J connectivity index is 3.28. The van der Waals surface area contributed by atoms with Gasteiger partial charge in [-0.25, -0.2) is 0 Å². The quantitative estimate of drug-likeness (QED) is 0.218. The standard InChI is InChI=1S/C20H38O4S/c1-3-4-5-6-7-8-9-10-11-12-13-14-15-18(2)25-24-20(23)17-16-19(21)22/h18H,3-17H2,1-2H3,(H,21,22). The number of hydrogen-bond donors (Lipinski definition) is 1. The van der Waals surface area contributed by atoms with Crippen molar-refractivity contribution in [3.8, 4) is 0 Å². The van der Waals surface area contributed by atoms with Gasteiger partial charge in [0.15, 0.2) is 0 Å². The molecule has 1 unspecified atom stereocenters. The third-order valence-electron chi connectivity index (χ3n) is 4.31. The largest absolute Gasteiger partial charge is 0.481 e. The van der Waals surface area contributed by atoms with Crippen LogP contribution in [0.3, 0.4) is 0 Å². The summed E-state index contributed by atoms with van der Waals surface area (Å²) in [5, 5.41) is 8.78. The van der Waals surface area contributed by atoms with E-state index in [4.69, 9.17) is 9.29 Å². The molecule has 0 aliphatic rings.